The van der Waals surface area contributed by atoms with Gasteiger partial charge in [0.1, 0.15) is 5.75 Å². The molecule has 96 valence electrons. The highest BCUT2D eigenvalue weighted by Gasteiger charge is 2.30. The van der Waals surface area contributed by atoms with E-state index in [0.29, 0.717) is 37.4 Å². The summed E-state index contributed by atoms with van der Waals surface area (Å²) in [6.07, 6.45) is -0.480. The predicted molar refractivity (Wildman–Crippen MR) is 65.0 cm³/mol. The second kappa shape index (κ2) is 5.75. The lowest BCUT2D eigenvalue weighted by Crippen LogP contribution is -2.30. The molecule has 0 atom stereocenters. The standard InChI is InChI=1S/C11H14BNO5/c14-11(15)13-5-2-6-17-9-4-1-3-8-7-18-12(16)10(8)9/h1,3-4,13,16H,2,5-7H2,(H,14,15). The molecule has 0 saturated carbocycles. The molecule has 0 aromatic heterocycles. The Labute approximate surface area is 105 Å². The van der Waals surface area contributed by atoms with Crippen molar-refractivity contribution in [3.8, 4) is 5.75 Å². The van der Waals surface area contributed by atoms with Gasteiger partial charge in [0.25, 0.3) is 0 Å². The molecule has 1 aliphatic heterocycles. The van der Waals surface area contributed by atoms with Crippen molar-refractivity contribution < 1.29 is 24.3 Å². The number of nitrogens with one attached hydrogen (secondary N) is 1. The number of hydrogen-bond acceptors (Lipinski definition) is 4. The van der Waals surface area contributed by atoms with Crippen molar-refractivity contribution in [2.24, 2.45) is 0 Å². The Morgan fingerprint density at radius 3 is 3.17 bits per heavy atom. The zero-order valence-electron chi connectivity index (χ0n) is 9.76. The maximum absolute atomic E-state index is 10.2. The molecule has 0 radical (unpaired) electrons. The first-order valence-corrected chi connectivity index (χ1v) is 5.69. The molecule has 0 unspecified atom stereocenters. The van der Waals surface area contributed by atoms with Gasteiger partial charge in [-0.05, 0) is 18.1 Å². The van der Waals surface area contributed by atoms with Crippen molar-refractivity contribution in [1.82, 2.24) is 5.32 Å². The molecule has 0 fully saturated rings. The minimum Gasteiger partial charge on any atom is -0.494 e. The fraction of sp³-hybridized carbons (Fsp3) is 0.364. The minimum absolute atomic E-state index is 0.337. The number of benzene rings is 1. The maximum atomic E-state index is 10.2. The largest absolute Gasteiger partial charge is 0.495 e. The van der Waals surface area contributed by atoms with Crippen molar-refractivity contribution in [2.45, 2.75) is 13.0 Å². The van der Waals surface area contributed by atoms with Crippen LogP contribution in [0.1, 0.15) is 12.0 Å². The third kappa shape index (κ3) is 2.94. The molecule has 0 saturated heterocycles. The molecule has 1 heterocycles. The summed E-state index contributed by atoms with van der Waals surface area (Å²) in [6.45, 7) is 1.10. The quantitative estimate of drug-likeness (QED) is 0.504. The SMILES string of the molecule is O=C(O)NCCCOc1cccc2c1B(O)OC2. The molecule has 18 heavy (non-hydrogen) atoms. The molecule has 1 aromatic rings. The van der Waals surface area contributed by atoms with Crippen LogP contribution in [0.2, 0.25) is 0 Å². The lowest BCUT2D eigenvalue weighted by molar-refractivity contribution is 0.193. The first-order chi connectivity index (χ1) is 8.68. The number of hydrogen-bond donors (Lipinski definition) is 3. The normalized spacial score (nSPS) is 13.3. The second-order valence-corrected chi connectivity index (χ2v) is 3.93. The summed E-state index contributed by atoms with van der Waals surface area (Å²) in [5, 5.41) is 20.3. The lowest BCUT2D eigenvalue weighted by Gasteiger charge is -2.10. The molecule has 1 aromatic carbocycles. The van der Waals surface area contributed by atoms with Gasteiger partial charge >= 0.3 is 13.2 Å². The number of fused-ring (bicyclic) bond motifs is 1. The van der Waals surface area contributed by atoms with E-state index in [1.54, 1.807) is 6.07 Å². The van der Waals surface area contributed by atoms with E-state index in [9.17, 15) is 9.82 Å². The number of rotatable bonds is 5. The van der Waals surface area contributed by atoms with Crippen molar-refractivity contribution in [2.75, 3.05) is 13.2 Å². The number of carboxylic acid groups (broad SMARTS) is 1. The Morgan fingerprint density at radius 2 is 2.39 bits per heavy atom. The van der Waals surface area contributed by atoms with Gasteiger partial charge in [0.15, 0.2) is 0 Å². The average Bonchev–Trinajstić information content (AvgIpc) is 2.71. The molecular formula is C11H14BNO5. The number of ether oxygens (including phenoxy) is 1. The van der Waals surface area contributed by atoms with Gasteiger partial charge in [-0.1, -0.05) is 12.1 Å². The van der Waals surface area contributed by atoms with E-state index < -0.39 is 13.2 Å². The van der Waals surface area contributed by atoms with Crippen LogP contribution in [0, 0.1) is 0 Å². The van der Waals surface area contributed by atoms with Gasteiger partial charge in [0, 0.05) is 12.0 Å². The highest BCUT2D eigenvalue weighted by atomic mass is 16.5. The Hall–Kier alpha value is -1.73. The average molecular weight is 251 g/mol. The molecule has 1 aliphatic rings. The highest BCUT2D eigenvalue weighted by Crippen LogP contribution is 2.18. The molecule has 1 amide bonds. The fourth-order valence-electron chi connectivity index (χ4n) is 1.82. The molecule has 0 bridgehead atoms. The van der Waals surface area contributed by atoms with E-state index in [0.717, 1.165) is 5.56 Å². The third-order valence-corrected chi connectivity index (χ3v) is 2.65. The van der Waals surface area contributed by atoms with Gasteiger partial charge in [-0.15, -0.1) is 0 Å². The van der Waals surface area contributed by atoms with Crippen molar-refractivity contribution in [1.29, 1.82) is 0 Å². The van der Waals surface area contributed by atoms with Crippen LogP contribution in [-0.2, 0) is 11.3 Å². The van der Waals surface area contributed by atoms with Gasteiger partial charge < -0.3 is 24.8 Å². The smallest absolute Gasteiger partial charge is 0.494 e. The van der Waals surface area contributed by atoms with Crippen molar-refractivity contribution in [3.63, 3.8) is 0 Å². The van der Waals surface area contributed by atoms with Gasteiger partial charge in [-0.25, -0.2) is 4.79 Å². The summed E-state index contributed by atoms with van der Waals surface area (Å²) < 4.78 is 10.6. The summed E-state index contributed by atoms with van der Waals surface area (Å²) in [4.78, 5) is 10.2. The summed E-state index contributed by atoms with van der Waals surface area (Å²) >= 11 is 0. The van der Waals surface area contributed by atoms with Gasteiger partial charge in [-0.2, -0.15) is 0 Å². The van der Waals surface area contributed by atoms with E-state index in [4.69, 9.17) is 14.5 Å². The van der Waals surface area contributed by atoms with E-state index >= 15 is 0 Å². The van der Waals surface area contributed by atoms with Gasteiger partial charge in [0.05, 0.1) is 13.2 Å². The van der Waals surface area contributed by atoms with Crippen LogP contribution in [-0.4, -0.2) is 36.5 Å². The maximum Gasteiger partial charge on any atom is 0.495 e. The molecule has 6 nitrogen and oxygen atoms in total. The third-order valence-electron chi connectivity index (χ3n) is 2.65. The van der Waals surface area contributed by atoms with E-state index in [-0.39, 0.29) is 0 Å². The van der Waals surface area contributed by atoms with Crippen LogP contribution in [0.4, 0.5) is 4.79 Å². The van der Waals surface area contributed by atoms with Crippen LogP contribution in [0.25, 0.3) is 0 Å². The zero-order chi connectivity index (χ0) is 13.0. The summed E-state index contributed by atoms with van der Waals surface area (Å²) in [6, 6.07) is 5.48. The minimum atomic E-state index is -1.04. The van der Waals surface area contributed by atoms with Gasteiger partial charge in [0.2, 0.25) is 0 Å². The molecule has 0 spiro atoms. The highest BCUT2D eigenvalue weighted by molar-refractivity contribution is 6.62. The zero-order valence-corrected chi connectivity index (χ0v) is 9.76. The van der Waals surface area contributed by atoms with Crippen LogP contribution < -0.4 is 15.5 Å². The topological polar surface area (TPSA) is 88.0 Å². The van der Waals surface area contributed by atoms with E-state index in [1.807, 2.05) is 12.1 Å². The van der Waals surface area contributed by atoms with Gasteiger partial charge in [-0.3, -0.25) is 0 Å². The van der Waals surface area contributed by atoms with Crippen molar-refractivity contribution >= 4 is 18.7 Å². The Kier molecular flexibility index (Phi) is 4.06. The molecule has 7 heteroatoms. The lowest BCUT2D eigenvalue weighted by atomic mass is 9.79. The monoisotopic (exact) mass is 251 g/mol. The Bertz CT molecular complexity index is 439. The number of carbonyl (C=O) groups is 1. The molecule has 3 N–H and O–H groups in total. The van der Waals surface area contributed by atoms with Crippen molar-refractivity contribution in [3.05, 3.63) is 23.8 Å². The van der Waals surface area contributed by atoms with Crippen LogP contribution >= 0.6 is 0 Å². The van der Waals surface area contributed by atoms with Crippen LogP contribution in [0.3, 0.4) is 0 Å². The number of amides is 1. The van der Waals surface area contributed by atoms with E-state index in [1.165, 1.54) is 0 Å². The van der Waals surface area contributed by atoms with E-state index in [2.05, 4.69) is 5.32 Å². The summed E-state index contributed by atoms with van der Waals surface area (Å²) in [5.74, 6) is 0.591. The second-order valence-electron chi connectivity index (χ2n) is 3.93. The summed E-state index contributed by atoms with van der Waals surface area (Å²) in [5.41, 5.74) is 1.59. The first-order valence-electron chi connectivity index (χ1n) is 5.69. The molecular weight excluding hydrogens is 237 g/mol. The van der Waals surface area contributed by atoms with Crippen LogP contribution in [0.5, 0.6) is 5.75 Å². The Balaban J connectivity index is 1.87. The molecule has 2 rings (SSSR count). The molecule has 0 aliphatic carbocycles. The van der Waals surface area contributed by atoms with Crippen LogP contribution in [0.15, 0.2) is 18.2 Å². The predicted octanol–water partition coefficient (Wildman–Crippen LogP) is -0.0592. The summed E-state index contributed by atoms with van der Waals surface area (Å²) in [7, 11) is -0.937. The Morgan fingerprint density at radius 1 is 1.56 bits per heavy atom. The fourth-order valence-corrected chi connectivity index (χ4v) is 1.82. The first kappa shape index (κ1) is 12.7.